The highest BCUT2D eigenvalue weighted by atomic mass is 19.1. The van der Waals surface area contributed by atoms with Crippen LogP contribution < -0.4 is 10.9 Å². The Morgan fingerprint density at radius 2 is 2.00 bits per heavy atom. The minimum absolute atomic E-state index is 0.0205. The van der Waals surface area contributed by atoms with E-state index in [4.69, 9.17) is 0 Å². The van der Waals surface area contributed by atoms with Crippen molar-refractivity contribution in [3.8, 4) is 0 Å². The van der Waals surface area contributed by atoms with Gasteiger partial charge < -0.3 is 10.3 Å². The SMILES string of the molecule is CCCCN(CC(=O)Nc1ccc(F)cc1F)Cc1nc2ccccc2c(=O)[nH]1. The van der Waals surface area contributed by atoms with Crippen molar-refractivity contribution >= 4 is 22.5 Å². The van der Waals surface area contributed by atoms with Crippen LogP contribution in [0.25, 0.3) is 10.9 Å². The van der Waals surface area contributed by atoms with Crippen LogP contribution in [0.1, 0.15) is 25.6 Å². The normalized spacial score (nSPS) is 11.2. The number of halogens is 2. The third-order valence-electron chi connectivity index (χ3n) is 4.44. The van der Waals surface area contributed by atoms with Crippen LogP contribution in [0.5, 0.6) is 0 Å². The molecule has 0 fully saturated rings. The van der Waals surface area contributed by atoms with Crippen LogP contribution in [-0.2, 0) is 11.3 Å². The van der Waals surface area contributed by atoms with Gasteiger partial charge in [0, 0.05) is 6.07 Å². The number of hydrogen-bond acceptors (Lipinski definition) is 4. The van der Waals surface area contributed by atoms with Crippen molar-refractivity contribution in [3.05, 3.63) is 70.3 Å². The topological polar surface area (TPSA) is 78.1 Å². The summed E-state index contributed by atoms with van der Waals surface area (Å²) >= 11 is 0. The number of benzene rings is 2. The lowest BCUT2D eigenvalue weighted by Gasteiger charge is -2.21. The molecule has 1 aromatic heterocycles. The van der Waals surface area contributed by atoms with Crippen molar-refractivity contribution < 1.29 is 13.6 Å². The van der Waals surface area contributed by atoms with Gasteiger partial charge in [0.05, 0.1) is 29.7 Å². The van der Waals surface area contributed by atoms with Gasteiger partial charge in [0.2, 0.25) is 5.91 Å². The van der Waals surface area contributed by atoms with E-state index in [0.29, 0.717) is 29.3 Å². The number of aromatic nitrogens is 2. The molecule has 29 heavy (non-hydrogen) atoms. The molecular weight excluding hydrogens is 378 g/mol. The number of amides is 1. The van der Waals surface area contributed by atoms with Crippen molar-refractivity contribution in [2.45, 2.75) is 26.3 Å². The summed E-state index contributed by atoms with van der Waals surface area (Å²) in [5.74, 6) is -1.53. The zero-order chi connectivity index (χ0) is 20.8. The lowest BCUT2D eigenvalue weighted by atomic mass is 10.2. The number of hydrogen-bond donors (Lipinski definition) is 2. The Hall–Kier alpha value is -3.13. The average Bonchev–Trinajstić information content (AvgIpc) is 2.68. The van der Waals surface area contributed by atoms with Crippen LogP contribution in [0, 0.1) is 11.6 Å². The molecule has 1 amide bonds. The van der Waals surface area contributed by atoms with Gasteiger partial charge in [-0.1, -0.05) is 25.5 Å². The summed E-state index contributed by atoms with van der Waals surface area (Å²) in [6, 6.07) is 10.0. The predicted octanol–water partition coefficient (Wildman–Crippen LogP) is 3.44. The molecule has 2 aromatic carbocycles. The first-order valence-electron chi connectivity index (χ1n) is 9.41. The lowest BCUT2D eigenvalue weighted by Crippen LogP contribution is -2.34. The molecule has 0 aliphatic rings. The number of H-pyrrole nitrogens is 1. The van der Waals surface area contributed by atoms with Crippen LogP contribution in [-0.4, -0.2) is 33.9 Å². The maximum absolute atomic E-state index is 13.8. The van der Waals surface area contributed by atoms with E-state index in [2.05, 4.69) is 15.3 Å². The van der Waals surface area contributed by atoms with Gasteiger partial charge in [0.15, 0.2) is 0 Å². The van der Waals surface area contributed by atoms with Gasteiger partial charge in [-0.2, -0.15) is 0 Å². The second-order valence-corrected chi connectivity index (χ2v) is 6.77. The molecule has 0 aliphatic heterocycles. The van der Waals surface area contributed by atoms with Gasteiger partial charge in [-0.3, -0.25) is 14.5 Å². The molecule has 3 rings (SSSR count). The van der Waals surface area contributed by atoms with Crippen LogP contribution in [0.4, 0.5) is 14.5 Å². The van der Waals surface area contributed by atoms with Gasteiger partial charge in [0.1, 0.15) is 17.5 Å². The Balaban J connectivity index is 1.74. The number of carbonyl (C=O) groups is 1. The smallest absolute Gasteiger partial charge is 0.258 e. The second-order valence-electron chi connectivity index (χ2n) is 6.77. The molecular formula is C21H22F2N4O2. The van der Waals surface area contributed by atoms with Gasteiger partial charge in [0.25, 0.3) is 5.56 Å². The van der Waals surface area contributed by atoms with Crippen LogP contribution in [0.15, 0.2) is 47.3 Å². The molecule has 152 valence electrons. The number of para-hydroxylation sites is 1. The van der Waals surface area contributed by atoms with E-state index in [0.717, 1.165) is 18.9 Å². The van der Waals surface area contributed by atoms with Crippen molar-refractivity contribution in [1.82, 2.24) is 14.9 Å². The summed E-state index contributed by atoms with van der Waals surface area (Å²) in [5.41, 5.74) is 0.266. The van der Waals surface area contributed by atoms with E-state index in [9.17, 15) is 18.4 Å². The number of nitrogens with one attached hydrogen (secondary N) is 2. The zero-order valence-electron chi connectivity index (χ0n) is 16.0. The Labute approximate surface area is 166 Å². The van der Waals surface area contributed by atoms with E-state index in [1.54, 1.807) is 24.3 Å². The molecule has 0 saturated heterocycles. The maximum Gasteiger partial charge on any atom is 0.258 e. The van der Waals surface area contributed by atoms with E-state index >= 15 is 0 Å². The lowest BCUT2D eigenvalue weighted by molar-refractivity contribution is -0.117. The van der Waals surface area contributed by atoms with Crippen LogP contribution >= 0.6 is 0 Å². The number of fused-ring (bicyclic) bond motifs is 1. The summed E-state index contributed by atoms with van der Waals surface area (Å²) in [4.78, 5) is 33.7. The van der Waals surface area contributed by atoms with E-state index in [1.807, 2.05) is 11.8 Å². The van der Waals surface area contributed by atoms with Crippen LogP contribution in [0.3, 0.4) is 0 Å². The summed E-state index contributed by atoms with van der Waals surface area (Å²) in [6.45, 7) is 2.88. The zero-order valence-corrected chi connectivity index (χ0v) is 16.0. The highest BCUT2D eigenvalue weighted by Crippen LogP contribution is 2.15. The van der Waals surface area contributed by atoms with Gasteiger partial charge >= 0.3 is 0 Å². The predicted molar refractivity (Wildman–Crippen MR) is 108 cm³/mol. The largest absolute Gasteiger partial charge is 0.322 e. The molecule has 0 aliphatic carbocycles. The molecule has 6 nitrogen and oxygen atoms in total. The number of anilines is 1. The van der Waals surface area contributed by atoms with E-state index < -0.39 is 17.5 Å². The molecule has 0 unspecified atom stereocenters. The first-order chi connectivity index (χ1) is 14.0. The first-order valence-corrected chi connectivity index (χ1v) is 9.41. The summed E-state index contributed by atoms with van der Waals surface area (Å²) in [7, 11) is 0. The first kappa shape index (κ1) is 20.6. The fourth-order valence-corrected chi connectivity index (χ4v) is 3.00. The van der Waals surface area contributed by atoms with Crippen molar-refractivity contribution in [1.29, 1.82) is 0 Å². The molecule has 0 atom stereocenters. The average molecular weight is 400 g/mol. The summed E-state index contributed by atoms with van der Waals surface area (Å²) < 4.78 is 26.8. The van der Waals surface area contributed by atoms with E-state index in [1.165, 1.54) is 6.07 Å². The van der Waals surface area contributed by atoms with E-state index in [-0.39, 0.29) is 24.3 Å². The number of carbonyl (C=O) groups excluding carboxylic acids is 1. The third-order valence-corrected chi connectivity index (χ3v) is 4.44. The Bertz CT molecular complexity index is 1070. The fraction of sp³-hybridized carbons (Fsp3) is 0.286. The fourth-order valence-electron chi connectivity index (χ4n) is 3.00. The Kier molecular flexibility index (Phi) is 6.66. The standard InChI is InChI=1S/C21H22F2N4O2/c1-2-3-10-27(13-20(28)25-18-9-8-14(22)11-16(18)23)12-19-24-17-7-5-4-6-15(17)21(29)26-19/h4-9,11H,2-3,10,12-13H2,1H3,(H,25,28)(H,24,26,29). The number of nitrogens with zero attached hydrogens (tertiary/aromatic N) is 2. The molecule has 2 N–H and O–H groups in total. The van der Waals surface area contributed by atoms with Crippen molar-refractivity contribution in [2.24, 2.45) is 0 Å². The molecule has 8 heteroatoms. The molecule has 0 bridgehead atoms. The van der Waals surface area contributed by atoms with Gasteiger partial charge in [-0.05, 0) is 37.2 Å². The number of rotatable bonds is 8. The van der Waals surface area contributed by atoms with Crippen molar-refractivity contribution in [3.63, 3.8) is 0 Å². The molecule has 0 spiro atoms. The molecule has 0 radical (unpaired) electrons. The monoisotopic (exact) mass is 400 g/mol. The number of unbranched alkanes of at least 4 members (excludes halogenated alkanes) is 1. The summed E-state index contributed by atoms with van der Waals surface area (Å²) in [5, 5.41) is 2.96. The van der Waals surface area contributed by atoms with Crippen LogP contribution in [0.2, 0.25) is 0 Å². The second kappa shape index (κ2) is 9.38. The molecule has 0 saturated carbocycles. The molecule has 3 aromatic rings. The minimum Gasteiger partial charge on any atom is -0.322 e. The maximum atomic E-state index is 13.8. The highest BCUT2D eigenvalue weighted by molar-refractivity contribution is 5.92. The van der Waals surface area contributed by atoms with Crippen molar-refractivity contribution in [2.75, 3.05) is 18.4 Å². The quantitative estimate of drug-likeness (QED) is 0.607. The van der Waals surface area contributed by atoms with Gasteiger partial charge in [-0.15, -0.1) is 0 Å². The Morgan fingerprint density at radius 3 is 2.76 bits per heavy atom. The summed E-state index contributed by atoms with van der Waals surface area (Å²) in [6.07, 6.45) is 1.77. The highest BCUT2D eigenvalue weighted by Gasteiger charge is 2.15. The molecule has 1 heterocycles. The Morgan fingerprint density at radius 1 is 1.21 bits per heavy atom. The minimum atomic E-state index is -0.834. The third kappa shape index (κ3) is 5.45. The van der Waals surface area contributed by atoms with Gasteiger partial charge in [-0.25, -0.2) is 13.8 Å². The number of aromatic amines is 1.